The molecule has 1 aromatic carbocycles. The van der Waals surface area contributed by atoms with Crippen molar-refractivity contribution in [1.82, 2.24) is 5.43 Å². The number of rotatable bonds is 3. The third-order valence-corrected chi connectivity index (χ3v) is 1.67. The summed E-state index contributed by atoms with van der Waals surface area (Å²) in [5.41, 5.74) is 4.03. The van der Waals surface area contributed by atoms with Crippen molar-refractivity contribution in [3.63, 3.8) is 0 Å². The molecule has 92 valence electrons. The van der Waals surface area contributed by atoms with Gasteiger partial charge in [-0.05, 0) is 18.9 Å². The minimum absolute atomic E-state index is 0.345. The highest BCUT2D eigenvalue weighted by molar-refractivity contribution is 7.79. The van der Waals surface area contributed by atoms with Crippen molar-refractivity contribution in [2.75, 3.05) is 0 Å². The van der Waals surface area contributed by atoms with Crippen LogP contribution in [-0.4, -0.2) is 23.6 Å². The van der Waals surface area contributed by atoms with Gasteiger partial charge in [0.05, 0.1) is 0 Å². The van der Waals surface area contributed by atoms with Gasteiger partial charge in [0.2, 0.25) is 0 Å². The zero-order chi connectivity index (χ0) is 12.6. The number of nitrogens with one attached hydrogen (secondary N) is 1. The SMILES string of the molecule is CC(Cc1ccccc1)NN.O=S(=O)([O-])[O-]. The van der Waals surface area contributed by atoms with Gasteiger partial charge < -0.3 is 9.11 Å². The van der Waals surface area contributed by atoms with Crippen LogP contribution < -0.4 is 11.3 Å². The van der Waals surface area contributed by atoms with Gasteiger partial charge in [-0.25, -0.2) is 0 Å². The van der Waals surface area contributed by atoms with Crippen molar-refractivity contribution >= 4 is 10.4 Å². The quantitative estimate of drug-likeness (QED) is 0.328. The lowest BCUT2D eigenvalue weighted by molar-refractivity contribution is 0.352. The molecule has 0 bridgehead atoms. The molecule has 0 heterocycles. The Hall–Kier alpha value is -0.990. The summed E-state index contributed by atoms with van der Waals surface area (Å²) in [6.07, 6.45) is 0.983. The summed E-state index contributed by atoms with van der Waals surface area (Å²) in [5, 5.41) is 0. The monoisotopic (exact) mass is 246 g/mol. The van der Waals surface area contributed by atoms with E-state index in [4.69, 9.17) is 23.4 Å². The normalized spacial score (nSPS) is 12.5. The van der Waals surface area contributed by atoms with E-state index >= 15 is 0 Å². The second-order valence-corrected chi connectivity index (χ2v) is 3.98. The molecule has 1 rings (SSSR count). The molecule has 6 nitrogen and oxygen atoms in total. The largest absolute Gasteiger partial charge is 0.759 e. The third kappa shape index (κ3) is 11.1. The van der Waals surface area contributed by atoms with Crippen LogP contribution in [0.25, 0.3) is 0 Å². The van der Waals surface area contributed by atoms with Crippen molar-refractivity contribution < 1.29 is 17.5 Å². The zero-order valence-electron chi connectivity index (χ0n) is 8.79. The average Bonchev–Trinajstić information content (AvgIpc) is 2.16. The van der Waals surface area contributed by atoms with Gasteiger partial charge in [0, 0.05) is 16.4 Å². The Morgan fingerprint density at radius 3 is 2.12 bits per heavy atom. The molecule has 1 unspecified atom stereocenters. The fraction of sp³-hybridized carbons (Fsp3) is 0.333. The summed E-state index contributed by atoms with van der Waals surface area (Å²) in [6, 6.07) is 10.7. The number of benzene rings is 1. The molecule has 7 heteroatoms. The number of hydrazine groups is 1. The smallest absolute Gasteiger partial charge is 0.0311 e. The maximum atomic E-state index is 8.52. The van der Waals surface area contributed by atoms with Crippen molar-refractivity contribution in [2.45, 2.75) is 19.4 Å². The topological polar surface area (TPSA) is 118 Å². The molecule has 0 aromatic heterocycles. The summed E-state index contributed by atoms with van der Waals surface area (Å²) in [6.45, 7) is 2.06. The van der Waals surface area contributed by atoms with Gasteiger partial charge in [-0.1, -0.05) is 30.3 Å². The summed E-state index contributed by atoms with van der Waals surface area (Å²) in [4.78, 5) is 0. The summed E-state index contributed by atoms with van der Waals surface area (Å²) >= 11 is 0. The molecule has 0 saturated carbocycles. The molecule has 1 atom stereocenters. The van der Waals surface area contributed by atoms with Gasteiger partial charge in [0.1, 0.15) is 0 Å². The Labute approximate surface area is 95.0 Å². The Kier molecular flexibility index (Phi) is 6.86. The summed E-state index contributed by atoms with van der Waals surface area (Å²) in [5.74, 6) is 5.27. The number of nitrogens with two attached hydrogens (primary N) is 1. The molecule has 0 aliphatic carbocycles. The number of hydrogen-bond acceptors (Lipinski definition) is 6. The van der Waals surface area contributed by atoms with E-state index in [0.29, 0.717) is 6.04 Å². The molecule has 0 aliphatic rings. The molecule has 0 amide bonds. The van der Waals surface area contributed by atoms with E-state index < -0.39 is 10.4 Å². The zero-order valence-corrected chi connectivity index (χ0v) is 9.61. The summed E-state index contributed by atoms with van der Waals surface area (Å²) < 4.78 is 34.1. The lowest BCUT2D eigenvalue weighted by atomic mass is 10.1. The van der Waals surface area contributed by atoms with Crippen molar-refractivity contribution in [3.8, 4) is 0 Å². The van der Waals surface area contributed by atoms with Gasteiger partial charge in [-0.2, -0.15) is 0 Å². The van der Waals surface area contributed by atoms with E-state index in [1.54, 1.807) is 0 Å². The maximum absolute atomic E-state index is 8.52. The average molecular weight is 246 g/mol. The molecule has 0 saturated heterocycles. The van der Waals surface area contributed by atoms with Crippen LogP contribution in [-0.2, 0) is 16.8 Å². The van der Waals surface area contributed by atoms with Crippen molar-refractivity contribution in [3.05, 3.63) is 35.9 Å². The minimum Gasteiger partial charge on any atom is -0.759 e. The highest BCUT2D eigenvalue weighted by Gasteiger charge is 1.98. The molecule has 0 spiro atoms. The van der Waals surface area contributed by atoms with Crippen LogP contribution in [0.15, 0.2) is 30.3 Å². The Morgan fingerprint density at radius 2 is 1.75 bits per heavy atom. The van der Waals surface area contributed by atoms with Crippen LogP contribution in [0.4, 0.5) is 0 Å². The Morgan fingerprint density at radius 1 is 1.31 bits per heavy atom. The van der Waals surface area contributed by atoms with E-state index in [9.17, 15) is 0 Å². The van der Waals surface area contributed by atoms with Crippen LogP contribution in [0.2, 0.25) is 0 Å². The van der Waals surface area contributed by atoms with Gasteiger partial charge >= 0.3 is 0 Å². The molecule has 3 N–H and O–H groups in total. The van der Waals surface area contributed by atoms with E-state index in [1.165, 1.54) is 5.56 Å². The lowest BCUT2D eigenvalue weighted by Gasteiger charge is -2.08. The second kappa shape index (κ2) is 7.31. The number of hydrogen-bond donors (Lipinski definition) is 2. The molecular formula is C9H14N2O4S-2. The van der Waals surface area contributed by atoms with Crippen LogP contribution in [0.1, 0.15) is 12.5 Å². The minimum atomic E-state index is -5.17. The highest BCUT2D eigenvalue weighted by Crippen LogP contribution is 2.01. The van der Waals surface area contributed by atoms with Crippen LogP contribution in [0, 0.1) is 0 Å². The van der Waals surface area contributed by atoms with Gasteiger partial charge in [0.15, 0.2) is 0 Å². The standard InChI is InChI=1S/C9H14N2.H2O4S/c1-8(11-10)7-9-5-3-2-4-6-9;1-5(2,3)4/h2-6,8,11H,7,10H2,1H3;(H2,1,2,3,4)/p-2. The predicted octanol–water partition coefficient (Wildman–Crippen LogP) is -0.257. The van der Waals surface area contributed by atoms with E-state index in [-0.39, 0.29) is 0 Å². The van der Waals surface area contributed by atoms with E-state index in [1.807, 2.05) is 18.2 Å². The van der Waals surface area contributed by atoms with Crippen molar-refractivity contribution in [2.24, 2.45) is 5.84 Å². The highest BCUT2D eigenvalue weighted by atomic mass is 32.3. The first-order chi connectivity index (χ1) is 7.33. The fourth-order valence-corrected chi connectivity index (χ4v) is 1.03. The molecule has 16 heavy (non-hydrogen) atoms. The third-order valence-electron chi connectivity index (χ3n) is 1.67. The Balaban J connectivity index is 0.000000385. The van der Waals surface area contributed by atoms with Gasteiger partial charge in [-0.3, -0.25) is 19.7 Å². The van der Waals surface area contributed by atoms with E-state index in [0.717, 1.165) is 6.42 Å². The van der Waals surface area contributed by atoms with Crippen LogP contribution in [0.5, 0.6) is 0 Å². The maximum Gasteiger partial charge on any atom is 0.0311 e. The molecule has 0 fully saturated rings. The lowest BCUT2D eigenvalue weighted by Crippen LogP contribution is -2.33. The first-order valence-electron chi connectivity index (χ1n) is 4.49. The van der Waals surface area contributed by atoms with E-state index in [2.05, 4.69) is 24.5 Å². The molecule has 0 aliphatic heterocycles. The molecule has 0 radical (unpaired) electrons. The van der Waals surface area contributed by atoms with Gasteiger partial charge in [0.25, 0.3) is 0 Å². The fourth-order valence-electron chi connectivity index (χ4n) is 1.03. The van der Waals surface area contributed by atoms with Crippen LogP contribution >= 0.6 is 0 Å². The predicted molar refractivity (Wildman–Crippen MR) is 57.4 cm³/mol. The second-order valence-electron chi connectivity index (χ2n) is 3.17. The first kappa shape index (κ1) is 15.0. The van der Waals surface area contributed by atoms with Crippen LogP contribution in [0.3, 0.4) is 0 Å². The first-order valence-corrected chi connectivity index (χ1v) is 5.83. The summed E-state index contributed by atoms with van der Waals surface area (Å²) in [7, 11) is -5.17. The Bertz CT molecular complexity index is 372. The van der Waals surface area contributed by atoms with Gasteiger partial charge in [-0.15, -0.1) is 0 Å². The molecular weight excluding hydrogens is 232 g/mol. The molecule has 1 aromatic rings. The van der Waals surface area contributed by atoms with Crippen molar-refractivity contribution in [1.29, 1.82) is 0 Å².